The molecule has 0 saturated carbocycles. The van der Waals surface area contributed by atoms with Gasteiger partial charge in [0.1, 0.15) is 0 Å². The summed E-state index contributed by atoms with van der Waals surface area (Å²) in [5, 5.41) is 3.01. The third-order valence-electron chi connectivity index (χ3n) is 4.15. The maximum Gasteiger partial charge on any atom is 0.254 e. The van der Waals surface area contributed by atoms with E-state index in [0.29, 0.717) is 23.8 Å². The standard InChI is InChI=1S/C19H27N5O/c1-13-7-9-15(10-8-13)17(23(3)4)12-20-18(25)16-11-21-19(24(5)6)22-14(16)2/h7-11,17H,12H2,1-6H3,(H,20,25)/t17-/m0/s1. The summed E-state index contributed by atoms with van der Waals surface area (Å²) in [5.41, 5.74) is 3.57. The summed E-state index contributed by atoms with van der Waals surface area (Å²) in [4.78, 5) is 25.1. The van der Waals surface area contributed by atoms with Crippen molar-refractivity contribution in [1.82, 2.24) is 20.2 Å². The van der Waals surface area contributed by atoms with Gasteiger partial charge in [-0.1, -0.05) is 29.8 Å². The van der Waals surface area contributed by atoms with E-state index in [0.717, 1.165) is 0 Å². The molecule has 1 amide bonds. The van der Waals surface area contributed by atoms with Crippen molar-refractivity contribution in [2.75, 3.05) is 39.6 Å². The maximum absolute atomic E-state index is 12.5. The normalized spacial score (nSPS) is 12.1. The van der Waals surface area contributed by atoms with E-state index in [9.17, 15) is 4.79 Å². The first-order chi connectivity index (χ1) is 11.8. The van der Waals surface area contributed by atoms with E-state index < -0.39 is 0 Å². The van der Waals surface area contributed by atoms with Gasteiger partial charge >= 0.3 is 0 Å². The molecule has 1 heterocycles. The molecule has 2 aromatic rings. The van der Waals surface area contributed by atoms with Crippen LogP contribution in [0.25, 0.3) is 0 Å². The molecule has 25 heavy (non-hydrogen) atoms. The van der Waals surface area contributed by atoms with Gasteiger partial charge in [0.2, 0.25) is 5.95 Å². The van der Waals surface area contributed by atoms with Crippen LogP contribution in [0, 0.1) is 13.8 Å². The van der Waals surface area contributed by atoms with Crippen LogP contribution in [0.4, 0.5) is 5.95 Å². The van der Waals surface area contributed by atoms with Gasteiger partial charge in [-0.15, -0.1) is 0 Å². The first kappa shape index (κ1) is 18.9. The Balaban J connectivity index is 2.10. The Morgan fingerprint density at radius 2 is 1.76 bits per heavy atom. The minimum absolute atomic E-state index is 0.104. The van der Waals surface area contributed by atoms with Crippen molar-refractivity contribution >= 4 is 11.9 Å². The number of nitrogens with one attached hydrogen (secondary N) is 1. The van der Waals surface area contributed by atoms with Crippen LogP contribution < -0.4 is 10.2 Å². The van der Waals surface area contributed by atoms with Crippen LogP contribution >= 0.6 is 0 Å². The molecule has 0 saturated heterocycles. The van der Waals surface area contributed by atoms with Gasteiger partial charge in [-0.05, 0) is 33.5 Å². The zero-order valence-electron chi connectivity index (χ0n) is 15.9. The topological polar surface area (TPSA) is 61.4 Å². The molecule has 1 atom stereocenters. The predicted molar refractivity (Wildman–Crippen MR) is 101 cm³/mol. The first-order valence-corrected chi connectivity index (χ1v) is 8.31. The molecule has 0 spiro atoms. The van der Waals surface area contributed by atoms with Gasteiger partial charge in [0.25, 0.3) is 5.91 Å². The minimum atomic E-state index is -0.151. The van der Waals surface area contributed by atoms with Crippen molar-refractivity contribution in [3.8, 4) is 0 Å². The zero-order valence-corrected chi connectivity index (χ0v) is 15.9. The Morgan fingerprint density at radius 3 is 2.28 bits per heavy atom. The molecule has 6 heteroatoms. The molecule has 0 fully saturated rings. The summed E-state index contributed by atoms with van der Waals surface area (Å²) in [6.45, 7) is 4.41. The molecule has 134 valence electrons. The van der Waals surface area contributed by atoms with Crippen molar-refractivity contribution in [3.05, 3.63) is 52.8 Å². The van der Waals surface area contributed by atoms with Gasteiger partial charge in [-0.25, -0.2) is 9.97 Å². The number of aryl methyl sites for hydroxylation is 2. The molecule has 0 unspecified atom stereocenters. The average Bonchev–Trinajstić information content (AvgIpc) is 2.55. The monoisotopic (exact) mass is 341 g/mol. The van der Waals surface area contributed by atoms with E-state index in [2.05, 4.69) is 51.4 Å². The van der Waals surface area contributed by atoms with Crippen LogP contribution in [0.2, 0.25) is 0 Å². The zero-order chi connectivity index (χ0) is 18.6. The Morgan fingerprint density at radius 1 is 1.12 bits per heavy atom. The Labute approximate surface area is 149 Å². The number of likely N-dealkylation sites (N-methyl/N-ethyl adjacent to an activating group) is 1. The fourth-order valence-electron chi connectivity index (χ4n) is 2.56. The fourth-order valence-corrected chi connectivity index (χ4v) is 2.56. The average molecular weight is 341 g/mol. The molecular weight excluding hydrogens is 314 g/mol. The number of benzene rings is 1. The lowest BCUT2D eigenvalue weighted by atomic mass is 10.0. The highest BCUT2D eigenvalue weighted by Crippen LogP contribution is 2.18. The molecule has 0 bridgehead atoms. The Kier molecular flexibility index (Phi) is 6.09. The van der Waals surface area contributed by atoms with E-state index >= 15 is 0 Å². The van der Waals surface area contributed by atoms with E-state index in [1.165, 1.54) is 11.1 Å². The van der Waals surface area contributed by atoms with Crippen molar-refractivity contribution < 1.29 is 4.79 Å². The van der Waals surface area contributed by atoms with Gasteiger partial charge in [0.15, 0.2) is 0 Å². The van der Waals surface area contributed by atoms with Crippen LogP contribution in [-0.2, 0) is 0 Å². The molecular formula is C19H27N5O. The van der Waals surface area contributed by atoms with Gasteiger partial charge in [-0.3, -0.25) is 4.79 Å². The molecule has 0 aliphatic rings. The Bertz CT molecular complexity index is 725. The number of amides is 1. The number of rotatable bonds is 6. The van der Waals surface area contributed by atoms with Crippen LogP contribution in [0.15, 0.2) is 30.5 Å². The number of hydrogen-bond acceptors (Lipinski definition) is 5. The number of carbonyl (C=O) groups is 1. The quantitative estimate of drug-likeness (QED) is 0.873. The second-order valence-electron chi connectivity index (χ2n) is 6.66. The van der Waals surface area contributed by atoms with Crippen molar-refractivity contribution in [1.29, 1.82) is 0 Å². The summed E-state index contributed by atoms with van der Waals surface area (Å²) in [5.74, 6) is 0.446. The minimum Gasteiger partial charge on any atom is -0.350 e. The number of anilines is 1. The number of hydrogen-bond donors (Lipinski definition) is 1. The molecule has 1 N–H and O–H groups in total. The largest absolute Gasteiger partial charge is 0.350 e. The van der Waals surface area contributed by atoms with Gasteiger partial charge < -0.3 is 15.1 Å². The lowest BCUT2D eigenvalue weighted by molar-refractivity contribution is 0.0940. The predicted octanol–water partition coefficient (Wildman–Crippen LogP) is 2.19. The lowest BCUT2D eigenvalue weighted by Gasteiger charge is -2.25. The smallest absolute Gasteiger partial charge is 0.254 e. The Hall–Kier alpha value is -2.47. The highest BCUT2D eigenvalue weighted by molar-refractivity contribution is 5.95. The van der Waals surface area contributed by atoms with Crippen molar-refractivity contribution in [2.24, 2.45) is 0 Å². The molecule has 2 rings (SSSR count). The van der Waals surface area contributed by atoms with Crippen LogP contribution in [0.1, 0.15) is 33.2 Å². The molecule has 0 aliphatic heterocycles. The molecule has 0 aliphatic carbocycles. The van der Waals surface area contributed by atoms with E-state index in [1.807, 2.05) is 40.0 Å². The molecule has 1 aromatic carbocycles. The van der Waals surface area contributed by atoms with Crippen molar-refractivity contribution in [3.63, 3.8) is 0 Å². The van der Waals surface area contributed by atoms with Gasteiger partial charge in [-0.2, -0.15) is 0 Å². The second kappa shape index (κ2) is 8.07. The van der Waals surface area contributed by atoms with Crippen molar-refractivity contribution in [2.45, 2.75) is 19.9 Å². The number of carbonyl (C=O) groups excluding carboxylic acids is 1. The maximum atomic E-state index is 12.5. The van der Waals surface area contributed by atoms with Crippen LogP contribution in [0.3, 0.4) is 0 Å². The highest BCUT2D eigenvalue weighted by atomic mass is 16.1. The van der Waals surface area contributed by atoms with E-state index in [4.69, 9.17) is 0 Å². The number of nitrogens with zero attached hydrogens (tertiary/aromatic N) is 4. The molecule has 1 aromatic heterocycles. The summed E-state index contributed by atoms with van der Waals surface area (Å²) in [7, 11) is 7.77. The SMILES string of the molecule is Cc1ccc([C@H](CNC(=O)c2cnc(N(C)C)nc2C)N(C)C)cc1. The lowest BCUT2D eigenvalue weighted by Crippen LogP contribution is -2.35. The molecule has 6 nitrogen and oxygen atoms in total. The van der Waals surface area contributed by atoms with Crippen LogP contribution in [0.5, 0.6) is 0 Å². The summed E-state index contributed by atoms with van der Waals surface area (Å²) in [6.07, 6.45) is 1.59. The van der Waals surface area contributed by atoms with Gasteiger partial charge in [0, 0.05) is 26.8 Å². The third kappa shape index (κ3) is 4.76. The summed E-state index contributed by atoms with van der Waals surface area (Å²) in [6, 6.07) is 8.49. The molecule has 0 radical (unpaired) electrons. The highest BCUT2D eigenvalue weighted by Gasteiger charge is 2.17. The van der Waals surface area contributed by atoms with E-state index in [1.54, 1.807) is 6.20 Å². The summed E-state index contributed by atoms with van der Waals surface area (Å²) >= 11 is 0. The second-order valence-corrected chi connectivity index (χ2v) is 6.66. The fraction of sp³-hybridized carbons (Fsp3) is 0.421. The summed E-state index contributed by atoms with van der Waals surface area (Å²) < 4.78 is 0. The van der Waals surface area contributed by atoms with Gasteiger partial charge in [0.05, 0.1) is 17.3 Å². The van der Waals surface area contributed by atoms with Crippen LogP contribution in [-0.4, -0.2) is 55.5 Å². The first-order valence-electron chi connectivity index (χ1n) is 8.31. The van der Waals surface area contributed by atoms with E-state index in [-0.39, 0.29) is 11.9 Å². The third-order valence-corrected chi connectivity index (χ3v) is 4.15. The number of aromatic nitrogens is 2.